The molecule has 0 radical (unpaired) electrons. The van der Waals surface area contributed by atoms with Crippen molar-refractivity contribution in [2.75, 3.05) is 6.61 Å². The highest BCUT2D eigenvalue weighted by Gasteiger charge is 2.39. The van der Waals surface area contributed by atoms with E-state index in [-0.39, 0.29) is 18.5 Å². The molecule has 2 aliphatic heterocycles. The van der Waals surface area contributed by atoms with Gasteiger partial charge in [-0.05, 0) is 18.2 Å². The molecule has 0 spiro atoms. The summed E-state index contributed by atoms with van der Waals surface area (Å²) in [4.78, 5) is 11.9. The van der Waals surface area contributed by atoms with E-state index in [9.17, 15) is 4.79 Å². The molecule has 17 heavy (non-hydrogen) atoms. The number of ketones is 1. The molecule has 0 amide bonds. The second-order valence-corrected chi connectivity index (χ2v) is 4.12. The summed E-state index contributed by atoms with van der Waals surface area (Å²) in [6.45, 7) is 0.322. The third-order valence-electron chi connectivity index (χ3n) is 2.88. The summed E-state index contributed by atoms with van der Waals surface area (Å²) in [5, 5.41) is 8.88. The van der Waals surface area contributed by atoms with E-state index in [0.29, 0.717) is 30.1 Å². The average molecular weight is 236 g/mol. The van der Waals surface area contributed by atoms with Gasteiger partial charge in [-0.25, -0.2) is 0 Å². The van der Waals surface area contributed by atoms with Gasteiger partial charge in [0, 0.05) is 12.0 Å². The molecule has 2 aliphatic rings. The highest BCUT2D eigenvalue weighted by molar-refractivity contribution is 6.02. The maximum Gasteiger partial charge on any atom is 0.222 e. The first kappa shape index (κ1) is 10.7. The maximum absolute atomic E-state index is 11.9. The van der Waals surface area contributed by atoms with Gasteiger partial charge in [-0.2, -0.15) is 0 Å². The monoisotopic (exact) mass is 236 g/mol. The number of rotatable bonds is 2. The van der Waals surface area contributed by atoms with Crippen LogP contribution >= 0.6 is 0 Å². The second-order valence-electron chi connectivity index (χ2n) is 4.12. The molecular formula is C12H12O5. The first-order valence-corrected chi connectivity index (χ1v) is 5.47. The molecule has 0 aliphatic carbocycles. The fourth-order valence-corrected chi connectivity index (χ4v) is 2.05. The zero-order valence-electron chi connectivity index (χ0n) is 9.09. The molecule has 0 aromatic carbocycles. The number of aliphatic hydroxyl groups is 1. The summed E-state index contributed by atoms with van der Waals surface area (Å²) >= 11 is 0. The Balaban J connectivity index is 1.85. The Labute approximate surface area is 97.6 Å². The molecule has 2 bridgehead atoms. The smallest absolute Gasteiger partial charge is 0.222 e. The molecule has 3 rings (SSSR count). The number of carbonyl (C=O) groups is 1. The summed E-state index contributed by atoms with van der Waals surface area (Å²) in [5.74, 6) is 0.912. The quantitative estimate of drug-likeness (QED) is 0.771. The normalized spacial score (nSPS) is 30.2. The Hall–Kier alpha value is -1.43. The molecule has 1 aromatic rings. The fraction of sp³-hybridized carbons (Fsp3) is 0.417. The van der Waals surface area contributed by atoms with Crippen LogP contribution in [0.4, 0.5) is 0 Å². The summed E-state index contributed by atoms with van der Waals surface area (Å²) in [6.07, 6.45) is 1.46. The lowest BCUT2D eigenvalue weighted by molar-refractivity contribution is -0.146. The summed E-state index contributed by atoms with van der Waals surface area (Å²) in [6, 6.07) is 3.41. The van der Waals surface area contributed by atoms with E-state index in [4.69, 9.17) is 19.0 Å². The predicted molar refractivity (Wildman–Crippen MR) is 56.8 cm³/mol. The van der Waals surface area contributed by atoms with E-state index in [2.05, 4.69) is 0 Å². The summed E-state index contributed by atoms with van der Waals surface area (Å²) < 4.78 is 15.8. The third kappa shape index (κ3) is 1.93. The van der Waals surface area contributed by atoms with E-state index in [1.807, 2.05) is 0 Å². The molecule has 5 heteroatoms. The van der Waals surface area contributed by atoms with Gasteiger partial charge in [0.25, 0.3) is 0 Å². The zero-order chi connectivity index (χ0) is 11.8. The number of hydrogen-bond acceptors (Lipinski definition) is 5. The topological polar surface area (TPSA) is 68.9 Å². The van der Waals surface area contributed by atoms with Crippen molar-refractivity contribution in [1.29, 1.82) is 0 Å². The van der Waals surface area contributed by atoms with Gasteiger partial charge in [-0.3, -0.25) is 4.79 Å². The van der Waals surface area contributed by atoms with Crippen LogP contribution < -0.4 is 0 Å². The summed E-state index contributed by atoms with van der Waals surface area (Å²) in [7, 11) is 0. The molecule has 2 atom stereocenters. The van der Waals surface area contributed by atoms with Gasteiger partial charge in [-0.15, -0.1) is 0 Å². The number of aliphatic hydroxyl groups excluding tert-OH is 1. The van der Waals surface area contributed by atoms with Gasteiger partial charge in [0.15, 0.2) is 0 Å². The van der Waals surface area contributed by atoms with Crippen molar-refractivity contribution in [1.82, 2.24) is 0 Å². The third-order valence-corrected chi connectivity index (χ3v) is 2.88. The van der Waals surface area contributed by atoms with Gasteiger partial charge >= 0.3 is 0 Å². The summed E-state index contributed by atoms with van der Waals surface area (Å²) in [5.41, 5.74) is 0.655. The van der Waals surface area contributed by atoms with Gasteiger partial charge < -0.3 is 19.0 Å². The van der Waals surface area contributed by atoms with Crippen LogP contribution in [0.15, 0.2) is 22.1 Å². The van der Waals surface area contributed by atoms with Gasteiger partial charge in [0.05, 0.1) is 12.7 Å². The second kappa shape index (κ2) is 4.10. The zero-order valence-corrected chi connectivity index (χ0v) is 9.09. The molecule has 3 heterocycles. The van der Waals surface area contributed by atoms with E-state index >= 15 is 0 Å². The van der Waals surface area contributed by atoms with Gasteiger partial charge in [-0.1, -0.05) is 0 Å². The van der Waals surface area contributed by atoms with Crippen LogP contribution in [0.3, 0.4) is 0 Å². The standard InChI is InChI=1S/C12H12O5/c13-5-9-2-1-8(16-9)3-7-4-10-6-15-12(17-10)11(7)14/h1-3,10,12-13H,4-6H2/b7-3+/t10-,12+/m0/s1. The highest BCUT2D eigenvalue weighted by Crippen LogP contribution is 2.29. The van der Waals surface area contributed by atoms with Crippen LogP contribution in [0.5, 0.6) is 0 Å². The largest absolute Gasteiger partial charge is 0.459 e. The van der Waals surface area contributed by atoms with Crippen LogP contribution in [0.1, 0.15) is 17.9 Å². The minimum Gasteiger partial charge on any atom is -0.459 e. The Kier molecular flexibility index (Phi) is 2.58. The minimum atomic E-state index is -0.743. The Bertz CT molecular complexity index is 473. The molecule has 2 fully saturated rings. The van der Waals surface area contributed by atoms with Crippen molar-refractivity contribution in [3.05, 3.63) is 29.2 Å². The molecule has 0 saturated carbocycles. The van der Waals surface area contributed by atoms with Crippen molar-refractivity contribution in [3.63, 3.8) is 0 Å². The van der Waals surface area contributed by atoms with Crippen LogP contribution in [0.25, 0.3) is 6.08 Å². The van der Waals surface area contributed by atoms with Crippen molar-refractivity contribution in [3.8, 4) is 0 Å². The molecule has 90 valence electrons. The lowest BCUT2D eigenvalue weighted by atomic mass is 10.0. The van der Waals surface area contributed by atoms with E-state index in [1.165, 1.54) is 0 Å². The number of furan rings is 1. The van der Waals surface area contributed by atoms with Crippen molar-refractivity contribution in [2.45, 2.75) is 25.4 Å². The van der Waals surface area contributed by atoms with Crippen LogP contribution in [0.2, 0.25) is 0 Å². The van der Waals surface area contributed by atoms with Crippen LogP contribution in [-0.4, -0.2) is 29.9 Å². The first-order valence-electron chi connectivity index (χ1n) is 5.47. The predicted octanol–water partition coefficient (Wildman–Crippen LogP) is 0.870. The Morgan fingerprint density at radius 1 is 1.47 bits per heavy atom. The number of Topliss-reactive ketones (excluding diaryl/α,β-unsaturated/α-hetero) is 1. The van der Waals surface area contributed by atoms with Crippen molar-refractivity contribution < 1.29 is 23.8 Å². The molecule has 1 N–H and O–H groups in total. The Morgan fingerprint density at radius 2 is 2.35 bits per heavy atom. The molecule has 2 saturated heterocycles. The van der Waals surface area contributed by atoms with Crippen molar-refractivity contribution in [2.24, 2.45) is 0 Å². The number of hydrogen-bond donors (Lipinski definition) is 1. The SMILES string of the molecule is O=C1/C(=C/c2ccc(CO)o2)C[C@H]2CO[C@@H]1O2. The van der Waals surface area contributed by atoms with Gasteiger partial charge in [0.2, 0.25) is 12.1 Å². The number of ether oxygens (including phenoxy) is 2. The minimum absolute atomic E-state index is 0.0313. The van der Waals surface area contributed by atoms with E-state index in [1.54, 1.807) is 18.2 Å². The number of fused-ring (bicyclic) bond motifs is 2. The Morgan fingerprint density at radius 3 is 3.12 bits per heavy atom. The van der Waals surface area contributed by atoms with Crippen LogP contribution in [-0.2, 0) is 20.9 Å². The fourth-order valence-electron chi connectivity index (χ4n) is 2.05. The molecule has 5 nitrogen and oxygen atoms in total. The number of carbonyl (C=O) groups excluding carboxylic acids is 1. The molecule has 0 unspecified atom stereocenters. The molecule has 1 aromatic heterocycles. The van der Waals surface area contributed by atoms with Gasteiger partial charge in [0.1, 0.15) is 18.1 Å². The lowest BCUT2D eigenvalue weighted by Gasteiger charge is -2.18. The van der Waals surface area contributed by atoms with Crippen molar-refractivity contribution >= 4 is 11.9 Å². The van der Waals surface area contributed by atoms with E-state index < -0.39 is 6.29 Å². The lowest BCUT2D eigenvalue weighted by Crippen LogP contribution is -2.30. The average Bonchev–Trinajstić information content (AvgIpc) is 2.93. The highest BCUT2D eigenvalue weighted by atomic mass is 16.7. The first-order chi connectivity index (χ1) is 8.26. The van der Waals surface area contributed by atoms with Crippen LogP contribution in [0, 0.1) is 0 Å². The molecular weight excluding hydrogens is 224 g/mol. The maximum atomic E-state index is 11.9. The van der Waals surface area contributed by atoms with E-state index in [0.717, 1.165) is 0 Å².